The van der Waals surface area contributed by atoms with E-state index in [0.29, 0.717) is 17.3 Å². The number of para-hydroxylation sites is 1. The quantitative estimate of drug-likeness (QED) is 0.736. The molecule has 3 aromatic rings. The van der Waals surface area contributed by atoms with Gasteiger partial charge in [-0.3, -0.25) is 0 Å². The molecule has 1 aliphatic heterocycles. The minimum absolute atomic E-state index is 0.442. The molecule has 1 saturated heterocycles. The predicted molar refractivity (Wildman–Crippen MR) is 107 cm³/mol. The van der Waals surface area contributed by atoms with Gasteiger partial charge in [0.15, 0.2) is 11.6 Å². The van der Waals surface area contributed by atoms with E-state index in [2.05, 4.69) is 37.2 Å². The fourth-order valence-corrected chi connectivity index (χ4v) is 3.33. The molecule has 0 bridgehead atoms. The maximum Gasteiger partial charge on any atom is 0.160 e. The fourth-order valence-electron chi connectivity index (χ4n) is 3.33. The third kappa shape index (κ3) is 4.03. The number of aryl methyl sites for hydroxylation is 1. The molecule has 0 unspecified atom stereocenters. The van der Waals surface area contributed by atoms with Crippen LogP contribution < -0.4 is 15.1 Å². The average molecular weight is 381 g/mol. The highest BCUT2D eigenvalue weighted by atomic mass is 19.2. The Balaban J connectivity index is 1.47. The van der Waals surface area contributed by atoms with Crippen LogP contribution in [0.3, 0.4) is 0 Å². The molecule has 0 amide bonds. The lowest BCUT2D eigenvalue weighted by atomic mass is 10.2. The molecular formula is C21H21F2N5. The van der Waals surface area contributed by atoms with Crippen molar-refractivity contribution in [3.05, 3.63) is 72.1 Å². The first-order chi connectivity index (χ1) is 13.6. The normalized spacial score (nSPS) is 14.2. The number of benzene rings is 2. The number of hydrogen-bond donors (Lipinski definition) is 1. The Hall–Kier alpha value is -3.22. The summed E-state index contributed by atoms with van der Waals surface area (Å²) in [6.45, 7) is 5.31. The molecule has 7 heteroatoms. The molecule has 2 aromatic carbocycles. The Bertz CT molecular complexity index is 956. The number of aromatic nitrogens is 2. The first-order valence-electron chi connectivity index (χ1n) is 9.21. The molecule has 1 fully saturated rings. The van der Waals surface area contributed by atoms with Gasteiger partial charge in [0, 0.05) is 49.7 Å². The molecule has 0 atom stereocenters. The molecule has 1 aromatic heterocycles. The molecule has 0 saturated carbocycles. The summed E-state index contributed by atoms with van der Waals surface area (Å²) in [6, 6.07) is 15.9. The van der Waals surface area contributed by atoms with E-state index in [9.17, 15) is 8.78 Å². The van der Waals surface area contributed by atoms with Crippen LogP contribution in [-0.4, -0.2) is 36.1 Å². The van der Waals surface area contributed by atoms with Crippen molar-refractivity contribution in [2.75, 3.05) is 41.3 Å². The Morgan fingerprint density at radius 2 is 1.54 bits per heavy atom. The summed E-state index contributed by atoms with van der Waals surface area (Å²) in [5.41, 5.74) is 1.67. The lowest BCUT2D eigenvalue weighted by Gasteiger charge is -2.36. The molecule has 5 nitrogen and oxygen atoms in total. The van der Waals surface area contributed by atoms with Crippen LogP contribution in [0.15, 0.2) is 54.6 Å². The minimum atomic E-state index is -0.895. The van der Waals surface area contributed by atoms with Gasteiger partial charge >= 0.3 is 0 Å². The lowest BCUT2D eigenvalue weighted by Crippen LogP contribution is -2.46. The first kappa shape index (κ1) is 18.2. The Morgan fingerprint density at radius 1 is 0.821 bits per heavy atom. The van der Waals surface area contributed by atoms with Gasteiger partial charge in [-0.1, -0.05) is 18.2 Å². The van der Waals surface area contributed by atoms with E-state index in [1.54, 1.807) is 0 Å². The van der Waals surface area contributed by atoms with E-state index in [1.165, 1.54) is 11.8 Å². The molecule has 1 aliphatic rings. The van der Waals surface area contributed by atoms with Gasteiger partial charge < -0.3 is 15.1 Å². The number of hydrogen-bond acceptors (Lipinski definition) is 5. The van der Waals surface area contributed by atoms with Gasteiger partial charge in [-0.15, -0.1) is 0 Å². The van der Waals surface area contributed by atoms with Gasteiger partial charge in [0.05, 0.1) is 0 Å². The van der Waals surface area contributed by atoms with Crippen molar-refractivity contribution in [1.29, 1.82) is 0 Å². The summed E-state index contributed by atoms with van der Waals surface area (Å²) in [5.74, 6) is 0.229. The Labute approximate surface area is 162 Å². The van der Waals surface area contributed by atoms with E-state index in [0.717, 1.165) is 44.1 Å². The van der Waals surface area contributed by atoms with Crippen LogP contribution in [0.2, 0.25) is 0 Å². The molecule has 2 heterocycles. The van der Waals surface area contributed by atoms with Gasteiger partial charge in [-0.05, 0) is 31.2 Å². The number of halogens is 2. The van der Waals surface area contributed by atoms with Crippen molar-refractivity contribution >= 4 is 23.0 Å². The minimum Gasteiger partial charge on any atom is -0.368 e. The summed E-state index contributed by atoms with van der Waals surface area (Å²) in [4.78, 5) is 13.5. The zero-order chi connectivity index (χ0) is 19.5. The van der Waals surface area contributed by atoms with Crippen LogP contribution in [0, 0.1) is 18.6 Å². The highest BCUT2D eigenvalue weighted by molar-refractivity contribution is 5.60. The fraction of sp³-hybridized carbons (Fsp3) is 0.238. The molecule has 1 N–H and O–H groups in total. The monoisotopic (exact) mass is 381 g/mol. The van der Waals surface area contributed by atoms with E-state index in [-0.39, 0.29) is 0 Å². The van der Waals surface area contributed by atoms with Crippen molar-refractivity contribution in [1.82, 2.24) is 9.97 Å². The van der Waals surface area contributed by atoms with Crippen LogP contribution in [0.4, 0.5) is 31.8 Å². The van der Waals surface area contributed by atoms with E-state index >= 15 is 0 Å². The number of piperazine rings is 1. The lowest BCUT2D eigenvalue weighted by molar-refractivity contribution is 0.509. The SMILES string of the molecule is Cc1nc(Nc2ccc(F)c(F)c2)cc(N2CCN(c3ccccc3)CC2)n1. The van der Waals surface area contributed by atoms with E-state index < -0.39 is 11.6 Å². The maximum absolute atomic E-state index is 13.4. The van der Waals surface area contributed by atoms with Gasteiger partial charge in [-0.25, -0.2) is 18.7 Å². The summed E-state index contributed by atoms with van der Waals surface area (Å²) < 4.78 is 26.6. The molecule has 144 valence electrons. The Kier molecular flexibility index (Phi) is 5.06. The third-order valence-corrected chi connectivity index (χ3v) is 4.74. The molecule has 28 heavy (non-hydrogen) atoms. The zero-order valence-corrected chi connectivity index (χ0v) is 15.6. The van der Waals surface area contributed by atoms with Crippen LogP contribution in [0.5, 0.6) is 0 Å². The van der Waals surface area contributed by atoms with Crippen LogP contribution >= 0.6 is 0 Å². The van der Waals surface area contributed by atoms with E-state index in [4.69, 9.17) is 0 Å². The first-order valence-corrected chi connectivity index (χ1v) is 9.21. The number of rotatable bonds is 4. The van der Waals surface area contributed by atoms with Crippen LogP contribution in [-0.2, 0) is 0 Å². The predicted octanol–water partition coefficient (Wildman–Crippen LogP) is 4.13. The second-order valence-corrected chi connectivity index (χ2v) is 6.72. The highest BCUT2D eigenvalue weighted by Gasteiger charge is 2.19. The van der Waals surface area contributed by atoms with Gasteiger partial charge in [0.1, 0.15) is 17.5 Å². The standard InChI is InChI=1S/C21H21F2N5/c1-15-24-20(26-16-7-8-18(22)19(23)13-16)14-21(25-15)28-11-9-27(10-12-28)17-5-3-2-4-6-17/h2-8,13-14H,9-12H2,1H3,(H,24,25,26). The van der Waals surface area contributed by atoms with E-state index in [1.807, 2.05) is 31.2 Å². The van der Waals surface area contributed by atoms with Crippen molar-refractivity contribution < 1.29 is 8.78 Å². The van der Waals surface area contributed by atoms with Crippen LogP contribution in [0.1, 0.15) is 5.82 Å². The number of anilines is 4. The molecule has 4 rings (SSSR count). The van der Waals surface area contributed by atoms with Crippen LogP contribution in [0.25, 0.3) is 0 Å². The molecular weight excluding hydrogens is 360 g/mol. The summed E-state index contributed by atoms with van der Waals surface area (Å²) >= 11 is 0. The second kappa shape index (κ2) is 7.80. The molecule has 0 aliphatic carbocycles. The number of nitrogens with zero attached hydrogens (tertiary/aromatic N) is 4. The second-order valence-electron chi connectivity index (χ2n) is 6.72. The van der Waals surface area contributed by atoms with Crippen molar-refractivity contribution in [2.24, 2.45) is 0 Å². The van der Waals surface area contributed by atoms with Gasteiger partial charge in [0.25, 0.3) is 0 Å². The average Bonchev–Trinajstić information content (AvgIpc) is 2.71. The largest absolute Gasteiger partial charge is 0.368 e. The highest BCUT2D eigenvalue weighted by Crippen LogP contribution is 2.23. The molecule has 0 spiro atoms. The Morgan fingerprint density at radius 3 is 2.25 bits per heavy atom. The number of nitrogens with one attached hydrogen (secondary N) is 1. The van der Waals surface area contributed by atoms with Crippen molar-refractivity contribution in [2.45, 2.75) is 6.92 Å². The topological polar surface area (TPSA) is 44.3 Å². The summed E-state index contributed by atoms with van der Waals surface area (Å²) in [5, 5.41) is 3.03. The van der Waals surface area contributed by atoms with Crippen molar-refractivity contribution in [3.8, 4) is 0 Å². The summed E-state index contributed by atoms with van der Waals surface area (Å²) in [7, 11) is 0. The van der Waals surface area contributed by atoms with Gasteiger partial charge in [-0.2, -0.15) is 0 Å². The van der Waals surface area contributed by atoms with Crippen molar-refractivity contribution in [3.63, 3.8) is 0 Å². The maximum atomic E-state index is 13.4. The summed E-state index contributed by atoms with van der Waals surface area (Å²) in [6.07, 6.45) is 0. The third-order valence-electron chi connectivity index (χ3n) is 4.74. The smallest absolute Gasteiger partial charge is 0.160 e. The zero-order valence-electron chi connectivity index (χ0n) is 15.6. The van der Waals surface area contributed by atoms with Gasteiger partial charge in [0.2, 0.25) is 0 Å². The molecule has 0 radical (unpaired) electrons.